The minimum Gasteiger partial charge on any atom is -0.490 e. The third kappa shape index (κ3) is 5.90. The quantitative estimate of drug-likeness (QED) is 0.465. The van der Waals surface area contributed by atoms with E-state index in [1.807, 2.05) is 32.0 Å². The lowest BCUT2D eigenvalue weighted by Gasteiger charge is -2.27. The Morgan fingerprint density at radius 1 is 1.26 bits per heavy atom. The van der Waals surface area contributed by atoms with Gasteiger partial charge in [-0.25, -0.2) is 4.39 Å². The lowest BCUT2D eigenvalue weighted by molar-refractivity contribution is 0.0980. The molecule has 0 radical (unpaired) electrons. The van der Waals surface area contributed by atoms with Crippen molar-refractivity contribution < 1.29 is 18.7 Å². The minimum atomic E-state index is -0.679. The van der Waals surface area contributed by atoms with Gasteiger partial charge in [0.05, 0.1) is 27.8 Å². The van der Waals surface area contributed by atoms with Gasteiger partial charge in [-0.05, 0) is 51.0 Å². The maximum absolute atomic E-state index is 14.4. The molecule has 0 bridgehead atoms. The number of rotatable bonds is 8. The summed E-state index contributed by atoms with van der Waals surface area (Å²) in [5, 5.41) is 0.748. The second-order valence-electron chi connectivity index (χ2n) is 7.48. The van der Waals surface area contributed by atoms with Crippen LogP contribution in [-0.2, 0) is 0 Å². The molecular formula is C22H25Cl2FN2O3S. The number of carbonyl (C=O) groups excluding carboxylic acids is 1. The fourth-order valence-electron chi connectivity index (χ4n) is 3.51. The van der Waals surface area contributed by atoms with Crippen LogP contribution in [0.1, 0.15) is 37.0 Å². The zero-order valence-electron chi connectivity index (χ0n) is 17.6. The van der Waals surface area contributed by atoms with E-state index in [1.165, 1.54) is 6.07 Å². The van der Waals surface area contributed by atoms with Crippen molar-refractivity contribution >= 4 is 46.7 Å². The molecule has 5 nitrogen and oxygen atoms in total. The Balaban J connectivity index is 1.70. The highest BCUT2D eigenvalue weighted by Gasteiger charge is 2.27. The summed E-state index contributed by atoms with van der Waals surface area (Å²) in [5.74, 6) is -0.352. The van der Waals surface area contributed by atoms with Crippen LogP contribution in [0.15, 0.2) is 30.3 Å². The van der Waals surface area contributed by atoms with E-state index in [2.05, 4.69) is 9.62 Å². The van der Waals surface area contributed by atoms with Gasteiger partial charge < -0.3 is 14.4 Å². The molecule has 1 N–H and O–H groups in total. The fraction of sp³-hybridized carbons (Fsp3) is 0.409. The molecule has 1 atom stereocenters. The molecular weight excluding hydrogens is 462 g/mol. The van der Waals surface area contributed by atoms with Gasteiger partial charge in [-0.15, -0.1) is 0 Å². The number of nitrogens with zero attached hydrogens (tertiary/aromatic N) is 1. The molecule has 0 saturated carbocycles. The Hall–Kier alpha value is -1.83. The normalized spacial score (nSPS) is 16.0. The molecule has 1 fully saturated rings. The molecule has 0 spiro atoms. The van der Waals surface area contributed by atoms with Gasteiger partial charge in [-0.3, -0.25) is 9.52 Å². The summed E-state index contributed by atoms with van der Waals surface area (Å²) in [7, 11) is 0. The highest BCUT2D eigenvalue weighted by atomic mass is 35.5. The van der Waals surface area contributed by atoms with E-state index in [0.717, 1.165) is 43.1 Å². The number of hydrogen-bond donors (Lipinski definition) is 1. The molecule has 1 aliphatic heterocycles. The van der Waals surface area contributed by atoms with Crippen LogP contribution in [0.3, 0.4) is 0 Å². The van der Waals surface area contributed by atoms with Crippen molar-refractivity contribution in [3.05, 3.63) is 51.8 Å². The first-order valence-corrected chi connectivity index (χ1v) is 12.0. The maximum Gasteiger partial charge on any atom is 0.264 e. The molecule has 3 rings (SSSR count). The van der Waals surface area contributed by atoms with Crippen LogP contribution in [0.25, 0.3) is 0 Å². The number of benzene rings is 2. The van der Waals surface area contributed by atoms with Gasteiger partial charge in [0.2, 0.25) is 0 Å². The van der Waals surface area contributed by atoms with Gasteiger partial charge in [-0.1, -0.05) is 35.1 Å². The van der Waals surface area contributed by atoms with Crippen LogP contribution in [0.2, 0.25) is 10.0 Å². The summed E-state index contributed by atoms with van der Waals surface area (Å²) >= 11 is 13.7. The van der Waals surface area contributed by atoms with Crippen LogP contribution in [-0.4, -0.2) is 37.5 Å². The number of ether oxygens (including phenoxy) is 2. The Kier molecular flexibility index (Phi) is 8.19. The molecule has 1 saturated heterocycles. The molecule has 2 aromatic carbocycles. The van der Waals surface area contributed by atoms with Crippen LogP contribution in [0.4, 0.5) is 10.1 Å². The predicted octanol–water partition coefficient (Wildman–Crippen LogP) is 5.98. The third-order valence-corrected chi connectivity index (χ3v) is 5.86. The van der Waals surface area contributed by atoms with E-state index >= 15 is 0 Å². The highest BCUT2D eigenvalue weighted by molar-refractivity contribution is 7.97. The molecule has 1 heterocycles. The number of hydrogen-bond acceptors (Lipinski definition) is 5. The average molecular weight is 487 g/mol. The average Bonchev–Trinajstić information content (AvgIpc) is 3.18. The largest absolute Gasteiger partial charge is 0.490 e. The van der Waals surface area contributed by atoms with Gasteiger partial charge in [0.1, 0.15) is 23.9 Å². The van der Waals surface area contributed by atoms with Crippen molar-refractivity contribution in [3.8, 4) is 11.5 Å². The molecule has 1 aliphatic rings. The summed E-state index contributed by atoms with van der Waals surface area (Å²) in [4.78, 5) is 14.1. The van der Waals surface area contributed by atoms with Gasteiger partial charge in [0.25, 0.3) is 5.91 Å². The second kappa shape index (κ2) is 10.7. The summed E-state index contributed by atoms with van der Waals surface area (Å²) in [6, 6.07) is 8.28. The standard InChI is InChI=1S/C22H25Cl2FN2O3S/c1-13(2)30-20-7-6-14(9-17(20)23)27-8-4-5-15(27)12-29-21-11-19(25)16(10-18(21)24)22(28)26-31-3/h6-7,9-11,13,15H,4-5,8,12H2,1-3H3,(H,26,28). The SMILES string of the molecule is CSNC(=O)c1cc(Cl)c(OCC2CCCN2c2ccc(OC(C)C)c(Cl)c2)cc1F. The van der Waals surface area contributed by atoms with Crippen molar-refractivity contribution in [3.63, 3.8) is 0 Å². The molecule has 2 aromatic rings. The maximum atomic E-state index is 14.4. The Labute approximate surface area is 196 Å². The summed E-state index contributed by atoms with van der Waals surface area (Å²) in [6.07, 6.45) is 3.65. The van der Waals surface area contributed by atoms with E-state index in [1.54, 1.807) is 6.26 Å². The van der Waals surface area contributed by atoms with Crippen molar-refractivity contribution in [2.24, 2.45) is 0 Å². The molecule has 31 heavy (non-hydrogen) atoms. The van der Waals surface area contributed by atoms with Crippen LogP contribution < -0.4 is 19.1 Å². The van der Waals surface area contributed by atoms with E-state index in [9.17, 15) is 9.18 Å². The van der Waals surface area contributed by atoms with Crippen LogP contribution in [0.5, 0.6) is 11.5 Å². The Morgan fingerprint density at radius 3 is 2.68 bits per heavy atom. The van der Waals surface area contributed by atoms with Crippen molar-refractivity contribution in [1.29, 1.82) is 0 Å². The van der Waals surface area contributed by atoms with E-state index in [4.69, 9.17) is 32.7 Å². The summed E-state index contributed by atoms with van der Waals surface area (Å²) < 4.78 is 28.4. The Morgan fingerprint density at radius 2 is 2.00 bits per heavy atom. The first-order valence-electron chi connectivity index (χ1n) is 9.98. The molecule has 0 aliphatic carbocycles. The van der Waals surface area contributed by atoms with E-state index in [0.29, 0.717) is 17.4 Å². The molecule has 9 heteroatoms. The first-order chi connectivity index (χ1) is 14.8. The fourth-order valence-corrected chi connectivity index (χ4v) is 4.25. The smallest absolute Gasteiger partial charge is 0.264 e. The number of anilines is 1. The van der Waals surface area contributed by atoms with Gasteiger partial charge >= 0.3 is 0 Å². The van der Waals surface area contributed by atoms with Crippen molar-refractivity contribution in [2.75, 3.05) is 24.3 Å². The topological polar surface area (TPSA) is 50.8 Å². The van der Waals surface area contributed by atoms with Crippen molar-refractivity contribution in [1.82, 2.24) is 4.72 Å². The lowest BCUT2D eigenvalue weighted by atomic mass is 10.2. The van der Waals surface area contributed by atoms with E-state index in [-0.39, 0.29) is 28.5 Å². The molecule has 168 valence electrons. The lowest BCUT2D eigenvalue weighted by Crippen LogP contribution is -2.34. The summed E-state index contributed by atoms with van der Waals surface area (Å²) in [6.45, 7) is 5.10. The number of carbonyl (C=O) groups is 1. The molecule has 1 amide bonds. The zero-order chi connectivity index (χ0) is 22.5. The zero-order valence-corrected chi connectivity index (χ0v) is 19.9. The monoisotopic (exact) mass is 486 g/mol. The first kappa shape index (κ1) is 23.8. The predicted molar refractivity (Wildman–Crippen MR) is 125 cm³/mol. The number of nitrogens with one attached hydrogen (secondary N) is 1. The van der Waals surface area contributed by atoms with E-state index < -0.39 is 11.7 Å². The Bertz CT molecular complexity index is 945. The second-order valence-corrected chi connectivity index (χ2v) is 8.91. The van der Waals surface area contributed by atoms with Crippen molar-refractivity contribution in [2.45, 2.75) is 38.8 Å². The summed E-state index contributed by atoms with van der Waals surface area (Å²) in [5.41, 5.74) is 0.862. The third-order valence-electron chi connectivity index (χ3n) is 4.88. The van der Waals surface area contributed by atoms with Crippen LogP contribution in [0, 0.1) is 5.82 Å². The van der Waals surface area contributed by atoms with Gasteiger partial charge in [0, 0.05) is 24.6 Å². The molecule has 1 unspecified atom stereocenters. The number of halogens is 3. The number of amides is 1. The highest BCUT2D eigenvalue weighted by Crippen LogP contribution is 2.34. The molecule has 0 aromatic heterocycles. The van der Waals surface area contributed by atoms with Gasteiger partial charge in [-0.2, -0.15) is 0 Å². The van der Waals surface area contributed by atoms with Gasteiger partial charge in [0.15, 0.2) is 0 Å². The minimum absolute atomic E-state index is 0.0413. The van der Waals surface area contributed by atoms with Crippen LogP contribution >= 0.6 is 35.1 Å².